The summed E-state index contributed by atoms with van der Waals surface area (Å²) < 4.78 is 34.9. The zero-order valence-electron chi connectivity index (χ0n) is 65.9. The van der Waals surface area contributed by atoms with Gasteiger partial charge in [-0.1, -0.05) is 429 Å². The van der Waals surface area contributed by atoms with E-state index in [4.69, 9.17) is 18.5 Å². The van der Waals surface area contributed by atoms with Gasteiger partial charge in [0.25, 0.3) is 0 Å². The largest absolute Gasteiger partial charge is 0.472 e. The molecule has 0 aliphatic carbocycles. The van der Waals surface area contributed by atoms with Crippen LogP contribution in [0.25, 0.3) is 0 Å². The number of likely N-dealkylation sites (N-methyl/N-ethyl adjacent to an activating group) is 1. The molecule has 0 saturated carbocycles. The highest BCUT2D eigenvalue weighted by Crippen LogP contribution is 2.43. The van der Waals surface area contributed by atoms with Crippen LogP contribution in [0, 0.1) is 0 Å². The molecule has 0 saturated heterocycles. The van der Waals surface area contributed by atoms with Crippen LogP contribution in [-0.2, 0) is 32.7 Å². The van der Waals surface area contributed by atoms with Crippen molar-refractivity contribution >= 4 is 19.8 Å². The molecule has 1 N–H and O–H groups in total. The van der Waals surface area contributed by atoms with Crippen LogP contribution in [0.1, 0.15) is 457 Å². The van der Waals surface area contributed by atoms with Crippen LogP contribution < -0.4 is 0 Å². The third-order valence-electron chi connectivity index (χ3n) is 19.9. The van der Waals surface area contributed by atoms with Gasteiger partial charge in [0, 0.05) is 12.8 Å². The number of rotatable bonds is 82. The van der Waals surface area contributed by atoms with Crippen LogP contribution in [-0.4, -0.2) is 74.9 Å². The monoisotopic (exact) mass is 1390 g/mol. The molecular formula is C87H169NO8P+. The summed E-state index contributed by atoms with van der Waals surface area (Å²) in [5.74, 6) is -0.770. The van der Waals surface area contributed by atoms with Gasteiger partial charge in [-0.05, 0) is 51.4 Å². The summed E-state index contributed by atoms with van der Waals surface area (Å²) in [5.41, 5.74) is 0. The predicted octanol–water partition coefficient (Wildman–Crippen LogP) is 28.9. The van der Waals surface area contributed by atoms with E-state index in [-0.39, 0.29) is 25.6 Å². The van der Waals surface area contributed by atoms with Crippen LogP contribution in [0.15, 0.2) is 36.5 Å². The van der Waals surface area contributed by atoms with E-state index in [1.165, 1.54) is 379 Å². The van der Waals surface area contributed by atoms with Crippen molar-refractivity contribution in [2.24, 2.45) is 0 Å². The van der Waals surface area contributed by atoms with E-state index in [0.29, 0.717) is 23.9 Å². The second-order valence-electron chi connectivity index (χ2n) is 30.9. The van der Waals surface area contributed by atoms with Gasteiger partial charge in [0.15, 0.2) is 6.10 Å². The first-order chi connectivity index (χ1) is 47.5. The minimum Gasteiger partial charge on any atom is -0.462 e. The topological polar surface area (TPSA) is 108 Å². The Kier molecular flexibility index (Phi) is 76.9. The zero-order valence-corrected chi connectivity index (χ0v) is 66.8. The normalized spacial score (nSPS) is 13.1. The second-order valence-corrected chi connectivity index (χ2v) is 32.4. The molecule has 0 bridgehead atoms. The zero-order chi connectivity index (χ0) is 70.4. The number of carbonyl (C=O) groups excluding carboxylic acids is 2. The molecule has 2 unspecified atom stereocenters. The number of quaternary nitrogens is 1. The number of phosphoric ester groups is 1. The van der Waals surface area contributed by atoms with Crippen molar-refractivity contribution in [1.29, 1.82) is 0 Å². The fourth-order valence-corrected chi connectivity index (χ4v) is 14.1. The number of carbonyl (C=O) groups is 2. The molecule has 2 atom stereocenters. The molecule has 10 heteroatoms. The number of nitrogens with zero attached hydrogens (tertiary/aromatic N) is 1. The highest BCUT2D eigenvalue weighted by atomic mass is 31.2. The van der Waals surface area contributed by atoms with Crippen LogP contribution in [0.3, 0.4) is 0 Å². The molecule has 97 heavy (non-hydrogen) atoms. The Morgan fingerprint density at radius 2 is 0.557 bits per heavy atom. The van der Waals surface area contributed by atoms with E-state index < -0.39 is 26.5 Å². The van der Waals surface area contributed by atoms with Crippen LogP contribution >= 0.6 is 7.82 Å². The fraction of sp³-hybridized carbons (Fsp3) is 0.908. The highest BCUT2D eigenvalue weighted by molar-refractivity contribution is 7.47. The fourth-order valence-electron chi connectivity index (χ4n) is 13.3. The quantitative estimate of drug-likeness (QED) is 0.0211. The first kappa shape index (κ1) is 95.2. The third kappa shape index (κ3) is 83.1. The first-order valence-corrected chi connectivity index (χ1v) is 44.7. The number of allylic oxidation sites excluding steroid dienone is 6. The number of ether oxygens (including phenoxy) is 2. The molecule has 0 spiro atoms. The maximum Gasteiger partial charge on any atom is 0.472 e. The third-order valence-corrected chi connectivity index (χ3v) is 20.9. The molecule has 0 amide bonds. The van der Waals surface area contributed by atoms with E-state index in [0.717, 1.165) is 44.9 Å². The van der Waals surface area contributed by atoms with Gasteiger partial charge in [-0.2, -0.15) is 0 Å². The molecular weight excluding hydrogens is 1220 g/mol. The average Bonchev–Trinajstić information content (AvgIpc) is 1.58. The van der Waals surface area contributed by atoms with E-state index in [9.17, 15) is 19.0 Å². The summed E-state index contributed by atoms with van der Waals surface area (Å²) in [6.07, 6.45) is 103. The van der Waals surface area contributed by atoms with E-state index in [2.05, 4.69) is 50.3 Å². The molecule has 0 aliphatic rings. The van der Waals surface area contributed by atoms with Gasteiger partial charge in [0.2, 0.25) is 0 Å². The van der Waals surface area contributed by atoms with E-state index in [1.54, 1.807) is 0 Å². The van der Waals surface area contributed by atoms with Gasteiger partial charge >= 0.3 is 19.8 Å². The summed E-state index contributed by atoms with van der Waals surface area (Å²) in [6, 6.07) is 0. The number of hydrogen-bond donors (Lipinski definition) is 1. The van der Waals surface area contributed by atoms with Crippen molar-refractivity contribution < 1.29 is 42.1 Å². The standard InChI is InChI=1S/C87H168NO8P/c1-6-8-10-12-14-16-18-20-22-24-26-28-30-32-34-36-38-40-41-42-43-44-45-46-48-49-51-53-55-57-59-61-63-65-67-69-71-73-75-77-79-86(89)93-83-85(84-95-97(91,92)94-82-81-88(3,4)5)96-87(90)80-78-76-74-72-70-68-66-64-62-60-58-56-54-52-50-47-39-37-35-33-31-29-27-25-23-21-19-17-15-13-11-9-7-2/h19,21,25,27,31,33,85H,6-18,20,22-24,26,28-30,32,34-84H2,1-5H3/p+1/b21-19-,27-25-,33-31-. The second kappa shape index (κ2) is 78.4. The highest BCUT2D eigenvalue weighted by Gasteiger charge is 2.27. The number of unbranched alkanes of at least 4 members (excludes halogenated alkanes) is 62. The Balaban J connectivity index is 3.85. The number of hydrogen-bond acceptors (Lipinski definition) is 7. The van der Waals surface area contributed by atoms with Gasteiger partial charge in [-0.25, -0.2) is 4.57 Å². The van der Waals surface area contributed by atoms with Gasteiger partial charge in [0.05, 0.1) is 27.7 Å². The van der Waals surface area contributed by atoms with Gasteiger partial charge in [0.1, 0.15) is 19.8 Å². The van der Waals surface area contributed by atoms with Crippen molar-refractivity contribution in [3.05, 3.63) is 36.5 Å². The first-order valence-electron chi connectivity index (χ1n) is 43.2. The van der Waals surface area contributed by atoms with Gasteiger partial charge in [-0.15, -0.1) is 0 Å². The summed E-state index contributed by atoms with van der Waals surface area (Å²) in [5, 5.41) is 0. The molecule has 0 heterocycles. The Bertz CT molecular complexity index is 1730. The molecule has 574 valence electrons. The molecule has 0 rings (SSSR count). The predicted molar refractivity (Wildman–Crippen MR) is 423 cm³/mol. The maximum absolute atomic E-state index is 12.9. The summed E-state index contributed by atoms with van der Waals surface area (Å²) in [7, 11) is 1.50. The maximum atomic E-state index is 12.9. The molecule has 9 nitrogen and oxygen atoms in total. The van der Waals surface area contributed by atoms with Gasteiger partial charge in [-0.3, -0.25) is 18.6 Å². The van der Waals surface area contributed by atoms with E-state index in [1.807, 2.05) is 21.1 Å². The summed E-state index contributed by atoms with van der Waals surface area (Å²) in [4.78, 5) is 36.0. The molecule has 0 aliphatic heterocycles. The molecule has 0 radical (unpaired) electrons. The average molecular weight is 1390 g/mol. The molecule has 0 fully saturated rings. The molecule has 0 aromatic heterocycles. The Labute approximate surface area is 605 Å². The van der Waals surface area contributed by atoms with Crippen LogP contribution in [0.4, 0.5) is 0 Å². The Morgan fingerprint density at radius 3 is 0.825 bits per heavy atom. The lowest BCUT2D eigenvalue weighted by Crippen LogP contribution is -2.37. The van der Waals surface area contributed by atoms with Crippen molar-refractivity contribution in [3.63, 3.8) is 0 Å². The Hall–Kier alpha value is -1.77. The van der Waals surface area contributed by atoms with Crippen molar-refractivity contribution in [2.45, 2.75) is 463 Å². The van der Waals surface area contributed by atoms with Crippen molar-refractivity contribution in [3.8, 4) is 0 Å². The summed E-state index contributed by atoms with van der Waals surface area (Å²) >= 11 is 0. The van der Waals surface area contributed by atoms with Gasteiger partial charge < -0.3 is 18.9 Å². The minimum absolute atomic E-state index is 0.0351. The van der Waals surface area contributed by atoms with Crippen molar-refractivity contribution in [1.82, 2.24) is 0 Å². The van der Waals surface area contributed by atoms with E-state index >= 15 is 0 Å². The number of esters is 2. The lowest BCUT2D eigenvalue weighted by molar-refractivity contribution is -0.870. The minimum atomic E-state index is -4.39. The van der Waals surface area contributed by atoms with Crippen molar-refractivity contribution in [2.75, 3.05) is 47.5 Å². The Morgan fingerprint density at radius 1 is 0.320 bits per heavy atom. The van der Waals surface area contributed by atoms with Crippen LogP contribution in [0.2, 0.25) is 0 Å². The van der Waals surface area contributed by atoms with Crippen LogP contribution in [0.5, 0.6) is 0 Å². The number of phosphoric acid groups is 1. The lowest BCUT2D eigenvalue weighted by Gasteiger charge is -2.24. The molecule has 0 aromatic carbocycles. The molecule has 0 aromatic rings. The summed E-state index contributed by atoms with van der Waals surface area (Å²) in [6.45, 7) is 4.51. The lowest BCUT2D eigenvalue weighted by atomic mass is 10.0. The SMILES string of the molecule is CCCCCCC/C=C\C/C=C\C/C=C\CCCCCCCCCCCCCCCCCCCCC(=O)OC(COC(=O)CCCCCCCCCCCCCCCCCCCCCCCCCCCCCCCCCCCCCCCCCC)COP(=O)(O)OCC[N+](C)(C)C. The smallest absolute Gasteiger partial charge is 0.462 e.